The molecule has 1 aliphatic rings. The first kappa shape index (κ1) is 18.1. The van der Waals surface area contributed by atoms with E-state index in [0.29, 0.717) is 0 Å². The number of rotatable bonds is 3. The number of carbonyl (C=O) groups is 2. The first-order valence-electron chi connectivity index (χ1n) is 8.14. The number of urea groups is 1. The maximum Gasteiger partial charge on any atom is 0.321 e. The van der Waals surface area contributed by atoms with Gasteiger partial charge in [-0.25, -0.2) is 9.78 Å². The largest absolute Gasteiger partial charge is 0.353 e. The molecule has 1 aromatic rings. The molecule has 0 aromatic carbocycles. The summed E-state index contributed by atoms with van der Waals surface area (Å²) in [4.78, 5) is 36.6. The van der Waals surface area contributed by atoms with Crippen molar-refractivity contribution in [2.45, 2.75) is 39.3 Å². The number of piperazine rings is 1. The number of nitrogens with one attached hydrogen (secondary N) is 2. The summed E-state index contributed by atoms with van der Waals surface area (Å²) in [7, 11) is 0. The highest BCUT2D eigenvalue weighted by Crippen LogP contribution is 2.13. The van der Waals surface area contributed by atoms with Crippen LogP contribution in [0.3, 0.4) is 0 Å². The quantitative estimate of drug-likeness (QED) is 0.842. The summed E-state index contributed by atoms with van der Waals surface area (Å²) in [6.45, 7) is 10.4. The Labute approximate surface area is 142 Å². The van der Waals surface area contributed by atoms with Gasteiger partial charge in [-0.05, 0) is 27.7 Å². The average Bonchev–Trinajstić information content (AvgIpc) is 2.53. The van der Waals surface area contributed by atoms with E-state index in [1.165, 1.54) is 0 Å². The van der Waals surface area contributed by atoms with Crippen molar-refractivity contribution in [2.75, 3.05) is 31.1 Å². The molecule has 0 radical (unpaired) electrons. The highest BCUT2D eigenvalue weighted by Gasteiger charge is 2.27. The summed E-state index contributed by atoms with van der Waals surface area (Å²) in [5, 5.41) is 5.13. The van der Waals surface area contributed by atoms with Gasteiger partial charge in [0.2, 0.25) is 5.91 Å². The minimum absolute atomic E-state index is 0.287. The van der Waals surface area contributed by atoms with Crippen LogP contribution in [0.2, 0.25) is 0 Å². The smallest absolute Gasteiger partial charge is 0.321 e. The first-order valence-corrected chi connectivity index (χ1v) is 8.14. The van der Waals surface area contributed by atoms with Crippen molar-refractivity contribution in [1.29, 1.82) is 0 Å². The van der Waals surface area contributed by atoms with Gasteiger partial charge in [0, 0.05) is 44.1 Å². The zero-order valence-corrected chi connectivity index (χ0v) is 14.7. The van der Waals surface area contributed by atoms with Gasteiger partial charge in [-0.2, -0.15) is 0 Å². The minimum Gasteiger partial charge on any atom is -0.353 e. The Morgan fingerprint density at radius 2 is 1.83 bits per heavy atom. The van der Waals surface area contributed by atoms with Gasteiger partial charge >= 0.3 is 6.03 Å². The SMILES string of the molecule is CC(C(=O)NC(=O)NC(C)(C)C)N1CCN(c2cnccn2)CC1. The van der Waals surface area contributed by atoms with Gasteiger partial charge in [-0.1, -0.05) is 0 Å². The zero-order valence-electron chi connectivity index (χ0n) is 14.7. The maximum atomic E-state index is 12.2. The molecule has 8 nitrogen and oxygen atoms in total. The number of nitrogens with zero attached hydrogens (tertiary/aromatic N) is 4. The Hall–Kier alpha value is -2.22. The van der Waals surface area contributed by atoms with E-state index in [0.717, 1.165) is 32.0 Å². The third-order valence-corrected chi connectivity index (χ3v) is 3.84. The fourth-order valence-corrected chi connectivity index (χ4v) is 2.55. The molecule has 0 saturated carbocycles. The van der Waals surface area contributed by atoms with E-state index in [1.807, 2.05) is 27.7 Å². The molecule has 0 bridgehead atoms. The molecule has 24 heavy (non-hydrogen) atoms. The van der Waals surface area contributed by atoms with Crippen molar-refractivity contribution < 1.29 is 9.59 Å². The minimum atomic E-state index is -0.461. The summed E-state index contributed by atoms with van der Waals surface area (Å²) < 4.78 is 0. The molecule has 0 aliphatic carbocycles. The Balaban J connectivity index is 1.82. The second kappa shape index (κ2) is 7.57. The van der Waals surface area contributed by atoms with Gasteiger partial charge in [-0.3, -0.25) is 20.0 Å². The fraction of sp³-hybridized carbons (Fsp3) is 0.625. The third-order valence-electron chi connectivity index (χ3n) is 3.84. The summed E-state index contributed by atoms with van der Waals surface area (Å²) >= 11 is 0. The van der Waals surface area contributed by atoms with E-state index < -0.39 is 6.03 Å². The van der Waals surface area contributed by atoms with Crippen LogP contribution in [0.15, 0.2) is 18.6 Å². The molecule has 1 aromatic heterocycles. The number of carbonyl (C=O) groups excluding carboxylic acids is 2. The van der Waals surface area contributed by atoms with Crippen LogP contribution >= 0.6 is 0 Å². The number of hydrogen-bond acceptors (Lipinski definition) is 6. The van der Waals surface area contributed by atoms with Gasteiger partial charge in [0.05, 0.1) is 12.2 Å². The standard InChI is InChI=1S/C16H26N6O2/c1-12(14(23)19-15(24)20-16(2,3)4)21-7-9-22(10-8-21)13-11-17-5-6-18-13/h5-6,11-12H,7-10H2,1-4H3,(H2,19,20,23,24). The third kappa shape index (κ3) is 5.16. The van der Waals surface area contributed by atoms with Crippen LogP contribution < -0.4 is 15.5 Å². The Kier molecular flexibility index (Phi) is 5.71. The fourth-order valence-electron chi connectivity index (χ4n) is 2.55. The molecular weight excluding hydrogens is 308 g/mol. The van der Waals surface area contributed by atoms with Gasteiger partial charge in [0.25, 0.3) is 0 Å². The lowest BCUT2D eigenvalue weighted by molar-refractivity contribution is -0.124. The molecule has 1 fully saturated rings. The Bertz CT molecular complexity index is 564. The van der Waals surface area contributed by atoms with Gasteiger partial charge < -0.3 is 10.2 Å². The molecule has 132 valence electrons. The van der Waals surface area contributed by atoms with Crippen LogP contribution in [0.25, 0.3) is 0 Å². The number of imide groups is 1. The molecule has 2 rings (SSSR count). The van der Waals surface area contributed by atoms with Crippen molar-refractivity contribution in [3.63, 3.8) is 0 Å². The van der Waals surface area contributed by atoms with Crippen molar-refractivity contribution in [1.82, 2.24) is 25.5 Å². The molecule has 8 heteroatoms. The summed E-state index contributed by atoms with van der Waals surface area (Å²) in [6, 6.07) is -0.822. The molecule has 1 aliphatic heterocycles. The van der Waals surface area contributed by atoms with Crippen molar-refractivity contribution in [2.24, 2.45) is 0 Å². The van der Waals surface area contributed by atoms with Crippen LogP contribution in [-0.4, -0.2) is 64.6 Å². The van der Waals surface area contributed by atoms with E-state index in [-0.39, 0.29) is 17.5 Å². The number of hydrogen-bond donors (Lipinski definition) is 2. The van der Waals surface area contributed by atoms with E-state index >= 15 is 0 Å². The molecule has 0 spiro atoms. The molecule has 1 unspecified atom stereocenters. The molecule has 1 atom stereocenters. The maximum absolute atomic E-state index is 12.2. The molecular formula is C16H26N6O2. The Morgan fingerprint density at radius 3 is 2.38 bits per heavy atom. The predicted octanol–water partition coefficient (Wildman–Crippen LogP) is 0.611. The highest BCUT2D eigenvalue weighted by molar-refractivity contribution is 5.97. The highest BCUT2D eigenvalue weighted by atomic mass is 16.2. The van der Waals surface area contributed by atoms with E-state index in [1.54, 1.807) is 18.6 Å². The van der Waals surface area contributed by atoms with Crippen LogP contribution in [0, 0.1) is 0 Å². The van der Waals surface area contributed by atoms with Crippen molar-refractivity contribution in [3.8, 4) is 0 Å². The van der Waals surface area contributed by atoms with Crippen LogP contribution in [0.5, 0.6) is 0 Å². The second-order valence-corrected chi connectivity index (χ2v) is 6.96. The second-order valence-electron chi connectivity index (χ2n) is 6.96. The lowest BCUT2D eigenvalue weighted by Crippen LogP contribution is -2.56. The predicted molar refractivity (Wildman–Crippen MR) is 91.7 cm³/mol. The zero-order chi connectivity index (χ0) is 17.7. The summed E-state index contributed by atoms with van der Waals surface area (Å²) in [5.74, 6) is 0.559. The van der Waals surface area contributed by atoms with E-state index in [4.69, 9.17) is 0 Å². The van der Waals surface area contributed by atoms with Crippen LogP contribution in [0.1, 0.15) is 27.7 Å². The number of anilines is 1. The summed E-state index contributed by atoms with van der Waals surface area (Å²) in [5.41, 5.74) is -0.379. The number of amides is 3. The number of aromatic nitrogens is 2. The van der Waals surface area contributed by atoms with E-state index in [2.05, 4.69) is 30.4 Å². The van der Waals surface area contributed by atoms with Crippen LogP contribution in [-0.2, 0) is 4.79 Å². The van der Waals surface area contributed by atoms with Crippen LogP contribution in [0.4, 0.5) is 10.6 Å². The topological polar surface area (TPSA) is 90.5 Å². The van der Waals surface area contributed by atoms with Crippen molar-refractivity contribution >= 4 is 17.8 Å². The molecule has 2 heterocycles. The average molecular weight is 334 g/mol. The molecule has 1 saturated heterocycles. The first-order chi connectivity index (χ1) is 11.3. The van der Waals surface area contributed by atoms with Crippen molar-refractivity contribution in [3.05, 3.63) is 18.6 Å². The lowest BCUT2D eigenvalue weighted by atomic mass is 10.1. The van der Waals surface area contributed by atoms with Gasteiger partial charge in [-0.15, -0.1) is 0 Å². The monoisotopic (exact) mass is 334 g/mol. The normalized spacial score (nSPS) is 17.2. The molecule has 3 amide bonds. The summed E-state index contributed by atoms with van der Waals surface area (Å²) in [6.07, 6.45) is 5.06. The lowest BCUT2D eigenvalue weighted by Gasteiger charge is -2.37. The van der Waals surface area contributed by atoms with Gasteiger partial charge in [0.1, 0.15) is 5.82 Å². The van der Waals surface area contributed by atoms with Gasteiger partial charge in [0.15, 0.2) is 0 Å². The molecule has 2 N–H and O–H groups in total. The Morgan fingerprint density at radius 1 is 1.17 bits per heavy atom. The van der Waals surface area contributed by atoms with E-state index in [9.17, 15) is 9.59 Å².